The average molecular weight is 247 g/mol. The summed E-state index contributed by atoms with van der Waals surface area (Å²) in [6.45, 7) is 4.82. The van der Waals surface area contributed by atoms with Gasteiger partial charge >= 0.3 is 5.97 Å². The monoisotopic (exact) mass is 247 g/mol. The molecule has 1 amide bonds. The zero-order valence-corrected chi connectivity index (χ0v) is 10.7. The van der Waals surface area contributed by atoms with Crippen molar-refractivity contribution >= 4 is 18.0 Å². The summed E-state index contributed by atoms with van der Waals surface area (Å²) in [4.78, 5) is 22.4. The van der Waals surface area contributed by atoms with E-state index >= 15 is 0 Å². The van der Waals surface area contributed by atoms with Crippen LogP contribution in [0.4, 0.5) is 0 Å². The van der Waals surface area contributed by atoms with Gasteiger partial charge in [0.05, 0.1) is 0 Å². The van der Waals surface area contributed by atoms with E-state index in [4.69, 9.17) is 5.11 Å². The van der Waals surface area contributed by atoms with Crippen LogP contribution in [0.2, 0.25) is 0 Å². The van der Waals surface area contributed by atoms with Crippen molar-refractivity contribution in [1.29, 1.82) is 0 Å². The molecule has 0 aliphatic rings. The number of benzene rings is 1. The first-order chi connectivity index (χ1) is 8.33. The Morgan fingerprint density at radius 3 is 2.44 bits per heavy atom. The van der Waals surface area contributed by atoms with Crippen LogP contribution in [0.5, 0.6) is 0 Å². The Morgan fingerprint density at radius 1 is 1.28 bits per heavy atom. The number of carboxylic acid groups (broad SMARTS) is 1. The Balaban J connectivity index is 2.72. The average Bonchev–Trinajstić information content (AvgIpc) is 2.27. The molecule has 0 bridgehead atoms. The van der Waals surface area contributed by atoms with Gasteiger partial charge in [-0.05, 0) is 38.0 Å². The second-order valence-electron chi connectivity index (χ2n) is 4.61. The third-order valence-corrected chi connectivity index (χ3v) is 2.57. The van der Waals surface area contributed by atoms with Crippen LogP contribution in [0.15, 0.2) is 30.3 Å². The fourth-order valence-electron chi connectivity index (χ4n) is 1.34. The van der Waals surface area contributed by atoms with E-state index in [1.165, 1.54) is 19.9 Å². The van der Waals surface area contributed by atoms with Crippen molar-refractivity contribution in [2.45, 2.75) is 26.3 Å². The summed E-state index contributed by atoms with van der Waals surface area (Å²) in [5.74, 6) is -1.49. The number of hydrogen-bond donors (Lipinski definition) is 2. The summed E-state index contributed by atoms with van der Waals surface area (Å²) in [7, 11) is 0. The second kappa shape index (κ2) is 5.49. The van der Waals surface area contributed by atoms with E-state index < -0.39 is 17.4 Å². The molecule has 2 N–H and O–H groups in total. The molecule has 0 aliphatic heterocycles. The Hall–Kier alpha value is -2.10. The molecular formula is C14H17NO3. The minimum absolute atomic E-state index is 0.425. The lowest BCUT2D eigenvalue weighted by Crippen LogP contribution is -2.49. The van der Waals surface area contributed by atoms with Crippen LogP contribution in [-0.2, 0) is 9.59 Å². The molecule has 0 aromatic heterocycles. The molecule has 0 radical (unpaired) electrons. The standard InChI is InChI=1S/C14H17NO3/c1-10-6-4-5-7-11(10)8-9-12(16)15-14(2,3)13(17)18/h4-9H,1-3H3,(H,15,16)(H,17,18). The van der Waals surface area contributed by atoms with Crippen molar-refractivity contribution in [1.82, 2.24) is 5.32 Å². The lowest BCUT2D eigenvalue weighted by atomic mass is 10.1. The summed E-state index contributed by atoms with van der Waals surface area (Å²) in [5, 5.41) is 11.3. The third-order valence-electron chi connectivity index (χ3n) is 2.57. The molecule has 4 nitrogen and oxygen atoms in total. The van der Waals surface area contributed by atoms with Crippen LogP contribution in [0.25, 0.3) is 6.08 Å². The zero-order valence-electron chi connectivity index (χ0n) is 10.7. The first kappa shape index (κ1) is 14.0. The minimum Gasteiger partial charge on any atom is -0.480 e. The smallest absolute Gasteiger partial charge is 0.328 e. The maximum Gasteiger partial charge on any atom is 0.328 e. The lowest BCUT2D eigenvalue weighted by molar-refractivity contribution is -0.145. The van der Waals surface area contributed by atoms with E-state index in [0.29, 0.717) is 0 Å². The highest BCUT2D eigenvalue weighted by molar-refractivity contribution is 5.95. The van der Waals surface area contributed by atoms with E-state index in [-0.39, 0.29) is 0 Å². The molecule has 4 heteroatoms. The number of carbonyl (C=O) groups is 2. The van der Waals surface area contributed by atoms with Crippen molar-refractivity contribution in [2.24, 2.45) is 0 Å². The maximum absolute atomic E-state index is 11.6. The van der Waals surface area contributed by atoms with Gasteiger partial charge in [-0.25, -0.2) is 4.79 Å². The van der Waals surface area contributed by atoms with Gasteiger partial charge < -0.3 is 10.4 Å². The fraction of sp³-hybridized carbons (Fsp3) is 0.286. The highest BCUT2D eigenvalue weighted by Gasteiger charge is 2.27. The van der Waals surface area contributed by atoms with E-state index in [9.17, 15) is 9.59 Å². The van der Waals surface area contributed by atoms with Gasteiger partial charge in [0.1, 0.15) is 5.54 Å². The summed E-state index contributed by atoms with van der Waals surface area (Å²) in [6.07, 6.45) is 3.01. The fourth-order valence-corrected chi connectivity index (χ4v) is 1.34. The molecule has 0 saturated carbocycles. The Kier molecular flexibility index (Phi) is 4.26. The quantitative estimate of drug-likeness (QED) is 0.799. The molecule has 0 fully saturated rings. The van der Waals surface area contributed by atoms with Crippen molar-refractivity contribution < 1.29 is 14.7 Å². The molecule has 0 unspecified atom stereocenters. The van der Waals surface area contributed by atoms with E-state index in [1.807, 2.05) is 31.2 Å². The summed E-state index contributed by atoms with van der Waals surface area (Å²) < 4.78 is 0. The van der Waals surface area contributed by atoms with Crippen LogP contribution >= 0.6 is 0 Å². The molecular weight excluding hydrogens is 230 g/mol. The number of aryl methyl sites for hydroxylation is 1. The van der Waals surface area contributed by atoms with Crippen LogP contribution in [0.1, 0.15) is 25.0 Å². The number of nitrogens with one attached hydrogen (secondary N) is 1. The van der Waals surface area contributed by atoms with E-state index in [1.54, 1.807) is 6.08 Å². The van der Waals surface area contributed by atoms with Gasteiger partial charge in [0.25, 0.3) is 0 Å². The summed E-state index contributed by atoms with van der Waals surface area (Å²) in [5.41, 5.74) is 0.715. The summed E-state index contributed by atoms with van der Waals surface area (Å²) >= 11 is 0. The van der Waals surface area contributed by atoms with Gasteiger partial charge in [-0.1, -0.05) is 24.3 Å². The molecule has 0 saturated heterocycles. The number of aliphatic carboxylic acids is 1. The SMILES string of the molecule is Cc1ccccc1C=CC(=O)NC(C)(C)C(=O)O. The molecule has 1 rings (SSSR count). The number of amides is 1. The Labute approximate surface area is 106 Å². The van der Waals surface area contributed by atoms with Gasteiger partial charge in [-0.2, -0.15) is 0 Å². The topological polar surface area (TPSA) is 66.4 Å². The minimum atomic E-state index is -1.27. The normalized spacial score (nSPS) is 11.5. The van der Waals surface area contributed by atoms with Crippen molar-refractivity contribution in [3.8, 4) is 0 Å². The van der Waals surface area contributed by atoms with Gasteiger partial charge in [-0.3, -0.25) is 4.79 Å². The molecule has 96 valence electrons. The lowest BCUT2D eigenvalue weighted by Gasteiger charge is -2.19. The van der Waals surface area contributed by atoms with Crippen molar-refractivity contribution in [3.63, 3.8) is 0 Å². The third kappa shape index (κ3) is 3.73. The van der Waals surface area contributed by atoms with Gasteiger partial charge in [-0.15, -0.1) is 0 Å². The van der Waals surface area contributed by atoms with Crippen LogP contribution in [0.3, 0.4) is 0 Å². The first-order valence-corrected chi connectivity index (χ1v) is 5.62. The number of rotatable bonds is 4. The molecule has 0 spiro atoms. The number of carbonyl (C=O) groups excluding carboxylic acids is 1. The maximum atomic E-state index is 11.6. The second-order valence-corrected chi connectivity index (χ2v) is 4.61. The molecule has 18 heavy (non-hydrogen) atoms. The number of hydrogen-bond acceptors (Lipinski definition) is 2. The van der Waals surface area contributed by atoms with E-state index in [2.05, 4.69) is 5.32 Å². The predicted molar refractivity (Wildman–Crippen MR) is 70.1 cm³/mol. The van der Waals surface area contributed by atoms with Gasteiger partial charge in [0.2, 0.25) is 5.91 Å². The number of carboxylic acids is 1. The zero-order chi connectivity index (χ0) is 13.8. The van der Waals surface area contributed by atoms with Crippen molar-refractivity contribution in [3.05, 3.63) is 41.5 Å². The summed E-state index contributed by atoms with van der Waals surface area (Å²) in [6, 6.07) is 7.63. The van der Waals surface area contributed by atoms with Gasteiger partial charge in [0, 0.05) is 6.08 Å². The van der Waals surface area contributed by atoms with E-state index in [0.717, 1.165) is 11.1 Å². The molecule has 0 atom stereocenters. The molecule has 1 aromatic rings. The Morgan fingerprint density at radius 2 is 1.89 bits per heavy atom. The van der Waals surface area contributed by atoms with Crippen LogP contribution in [0, 0.1) is 6.92 Å². The Bertz CT molecular complexity index is 490. The predicted octanol–water partition coefficient (Wildman–Crippen LogP) is 1.99. The molecule has 0 heterocycles. The molecule has 1 aromatic carbocycles. The first-order valence-electron chi connectivity index (χ1n) is 5.62. The highest BCUT2D eigenvalue weighted by atomic mass is 16.4. The largest absolute Gasteiger partial charge is 0.480 e. The van der Waals surface area contributed by atoms with Crippen LogP contribution in [-0.4, -0.2) is 22.5 Å². The van der Waals surface area contributed by atoms with Crippen molar-refractivity contribution in [2.75, 3.05) is 0 Å². The molecule has 0 aliphatic carbocycles. The van der Waals surface area contributed by atoms with Crippen LogP contribution < -0.4 is 5.32 Å². The highest BCUT2D eigenvalue weighted by Crippen LogP contribution is 2.09. The van der Waals surface area contributed by atoms with Gasteiger partial charge in [0.15, 0.2) is 0 Å².